The molecule has 1 amide bonds. The lowest BCUT2D eigenvalue weighted by molar-refractivity contribution is 0.0945. The highest BCUT2D eigenvalue weighted by Gasteiger charge is 2.29. The topological polar surface area (TPSA) is 103 Å². The number of rotatable bonds is 9. The molecular formula is C23H28N8O. The third-order valence-corrected chi connectivity index (χ3v) is 6.20. The van der Waals surface area contributed by atoms with Crippen LogP contribution in [-0.2, 0) is 33.0 Å². The Kier molecular flexibility index (Phi) is 5.55. The van der Waals surface area contributed by atoms with E-state index in [9.17, 15) is 4.79 Å². The van der Waals surface area contributed by atoms with Crippen LogP contribution in [0.1, 0.15) is 64.5 Å². The molecule has 0 aromatic carbocycles. The Bertz CT molecular complexity index is 1150. The van der Waals surface area contributed by atoms with E-state index in [1.807, 2.05) is 20.0 Å². The molecule has 32 heavy (non-hydrogen) atoms. The third kappa shape index (κ3) is 4.61. The van der Waals surface area contributed by atoms with Gasteiger partial charge < -0.3 is 5.32 Å². The minimum atomic E-state index is -0.244. The van der Waals surface area contributed by atoms with E-state index in [0.29, 0.717) is 18.8 Å². The van der Waals surface area contributed by atoms with E-state index >= 15 is 0 Å². The number of carbonyl (C=O) groups excluding carboxylic acids is 1. The van der Waals surface area contributed by atoms with Crippen molar-refractivity contribution in [1.82, 2.24) is 40.3 Å². The zero-order chi connectivity index (χ0) is 22.1. The van der Waals surface area contributed by atoms with Crippen LogP contribution >= 0.6 is 0 Å². The van der Waals surface area contributed by atoms with Gasteiger partial charge in [0.15, 0.2) is 5.69 Å². The lowest BCUT2D eigenvalue weighted by atomic mass is 10.1. The highest BCUT2D eigenvalue weighted by Crippen LogP contribution is 2.41. The standard InChI is InChI=1S/C23H28N8O/c1-15-9-20(28-30(15)2)13-24-23(32)22-14-31(29-27-22)8-4-3-5-19-11-18-10-17(16-6-7-16)12-21(18)26-25-19/h9-11,14,16H,3-8,12-13H2,1-2H3,(H,24,32). The minimum absolute atomic E-state index is 0.244. The highest BCUT2D eigenvalue weighted by atomic mass is 16.2. The molecule has 166 valence electrons. The first-order chi connectivity index (χ1) is 15.5. The molecule has 2 aliphatic rings. The number of nitrogens with one attached hydrogen (secondary N) is 1. The van der Waals surface area contributed by atoms with Crippen LogP contribution in [0.2, 0.25) is 0 Å². The van der Waals surface area contributed by atoms with Gasteiger partial charge in [-0.1, -0.05) is 16.9 Å². The van der Waals surface area contributed by atoms with Crippen LogP contribution in [0.25, 0.3) is 6.08 Å². The number of aryl methyl sites for hydroxylation is 4. The molecule has 1 N–H and O–H groups in total. The van der Waals surface area contributed by atoms with Crippen molar-refractivity contribution >= 4 is 12.0 Å². The molecule has 9 nitrogen and oxygen atoms in total. The van der Waals surface area contributed by atoms with Gasteiger partial charge in [-0.25, -0.2) is 0 Å². The number of hydrogen-bond donors (Lipinski definition) is 1. The van der Waals surface area contributed by atoms with Gasteiger partial charge in [0.2, 0.25) is 0 Å². The molecule has 0 bridgehead atoms. The molecule has 1 saturated carbocycles. The van der Waals surface area contributed by atoms with Crippen LogP contribution in [0.15, 0.2) is 23.9 Å². The summed E-state index contributed by atoms with van der Waals surface area (Å²) in [6.45, 7) is 3.05. The van der Waals surface area contributed by atoms with Crippen LogP contribution in [0.5, 0.6) is 0 Å². The average molecular weight is 433 g/mol. The molecule has 3 heterocycles. The van der Waals surface area contributed by atoms with Crippen LogP contribution in [-0.4, -0.2) is 40.9 Å². The zero-order valence-electron chi connectivity index (χ0n) is 18.6. The predicted octanol–water partition coefficient (Wildman–Crippen LogP) is 2.41. The van der Waals surface area contributed by atoms with E-state index in [2.05, 4.69) is 43.1 Å². The van der Waals surface area contributed by atoms with Crippen LogP contribution in [0, 0.1) is 12.8 Å². The van der Waals surface area contributed by atoms with E-state index in [4.69, 9.17) is 0 Å². The lowest BCUT2D eigenvalue weighted by Gasteiger charge is -2.03. The van der Waals surface area contributed by atoms with Crippen molar-refractivity contribution < 1.29 is 4.79 Å². The fourth-order valence-corrected chi connectivity index (χ4v) is 4.09. The summed E-state index contributed by atoms with van der Waals surface area (Å²) in [5, 5.41) is 24.1. The van der Waals surface area contributed by atoms with E-state index in [0.717, 1.165) is 54.4 Å². The van der Waals surface area contributed by atoms with Gasteiger partial charge in [0.25, 0.3) is 5.91 Å². The van der Waals surface area contributed by atoms with Crippen molar-refractivity contribution in [2.24, 2.45) is 13.0 Å². The molecule has 3 aromatic heterocycles. The molecule has 3 aromatic rings. The molecule has 0 unspecified atom stereocenters. The molecular weight excluding hydrogens is 404 g/mol. The lowest BCUT2D eigenvalue weighted by Crippen LogP contribution is -2.23. The highest BCUT2D eigenvalue weighted by molar-refractivity contribution is 5.91. The number of nitrogens with zero attached hydrogens (tertiary/aromatic N) is 7. The maximum absolute atomic E-state index is 12.3. The molecule has 1 fully saturated rings. The Morgan fingerprint density at radius 1 is 1.16 bits per heavy atom. The molecule has 9 heteroatoms. The summed E-state index contributed by atoms with van der Waals surface area (Å²) in [5.74, 6) is 0.549. The average Bonchev–Trinajstić information content (AvgIpc) is 3.23. The summed E-state index contributed by atoms with van der Waals surface area (Å²) in [4.78, 5) is 12.3. The largest absolute Gasteiger partial charge is 0.345 e. The first-order valence-electron chi connectivity index (χ1n) is 11.3. The van der Waals surface area contributed by atoms with Crippen LogP contribution in [0.4, 0.5) is 0 Å². The summed E-state index contributed by atoms with van der Waals surface area (Å²) < 4.78 is 3.51. The molecule has 0 spiro atoms. The summed E-state index contributed by atoms with van der Waals surface area (Å²) in [6.07, 6.45) is 10.5. The molecule has 0 aliphatic heterocycles. The number of allylic oxidation sites excluding steroid dienone is 1. The Hall–Kier alpha value is -3.36. The van der Waals surface area contributed by atoms with E-state index in [1.54, 1.807) is 15.6 Å². The quantitative estimate of drug-likeness (QED) is 0.521. The second-order valence-corrected chi connectivity index (χ2v) is 8.82. The number of unbranched alkanes of at least 4 members (excludes halogenated alkanes) is 1. The van der Waals surface area contributed by atoms with Gasteiger partial charge in [0.1, 0.15) is 0 Å². The van der Waals surface area contributed by atoms with Crippen molar-refractivity contribution in [2.75, 3.05) is 0 Å². The van der Waals surface area contributed by atoms with Crippen molar-refractivity contribution in [2.45, 2.75) is 58.5 Å². The molecule has 0 radical (unpaired) electrons. The smallest absolute Gasteiger partial charge is 0.273 e. The maximum Gasteiger partial charge on any atom is 0.273 e. The zero-order valence-corrected chi connectivity index (χ0v) is 18.6. The normalized spacial score (nSPS) is 15.0. The molecule has 0 atom stereocenters. The molecule has 0 saturated heterocycles. The Balaban J connectivity index is 1.07. The SMILES string of the molecule is Cc1cc(CNC(=O)c2cn(CCCCc3cc4c(nn3)CC(C3CC3)=C4)nn2)nn1C. The second kappa shape index (κ2) is 8.64. The first kappa shape index (κ1) is 20.5. The number of amides is 1. The van der Waals surface area contributed by atoms with Crippen molar-refractivity contribution in [3.63, 3.8) is 0 Å². The second-order valence-electron chi connectivity index (χ2n) is 8.82. The predicted molar refractivity (Wildman–Crippen MR) is 119 cm³/mol. The van der Waals surface area contributed by atoms with Gasteiger partial charge in [-0.3, -0.25) is 14.2 Å². The van der Waals surface area contributed by atoms with Crippen LogP contribution < -0.4 is 5.32 Å². The van der Waals surface area contributed by atoms with Gasteiger partial charge in [-0.15, -0.1) is 5.10 Å². The molecule has 2 aliphatic carbocycles. The van der Waals surface area contributed by atoms with Gasteiger partial charge in [0.05, 0.1) is 29.8 Å². The van der Waals surface area contributed by atoms with E-state index in [-0.39, 0.29) is 5.91 Å². The fourth-order valence-electron chi connectivity index (χ4n) is 4.09. The van der Waals surface area contributed by atoms with Gasteiger partial charge in [-0.05, 0) is 62.6 Å². The molecule has 5 rings (SSSR count). The number of fused-ring (bicyclic) bond motifs is 1. The summed E-state index contributed by atoms with van der Waals surface area (Å²) in [6, 6.07) is 4.14. The first-order valence-corrected chi connectivity index (χ1v) is 11.3. The third-order valence-electron chi connectivity index (χ3n) is 6.20. The monoisotopic (exact) mass is 432 g/mol. The van der Waals surface area contributed by atoms with Crippen molar-refractivity contribution in [1.29, 1.82) is 0 Å². The van der Waals surface area contributed by atoms with Crippen LogP contribution in [0.3, 0.4) is 0 Å². The summed E-state index contributed by atoms with van der Waals surface area (Å²) in [7, 11) is 1.88. The van der Waals surface area contributed by atoms with Gasteiger partial charge in [-0.2, -0.15) is 15.3 Å². The Morgan fingerprint density at radius 2 is 2.03 bits per heavy atom. The Labute approximate surface area is 186 Å². The number of hydrogen-bond acceptors (Lipinski definition) is 6. The Morgan fingerprint density at radius 3 is 2.81 bits per heavy atom. The summed E-state index contributed by atoms with van der Waals surface area (Å²) >= 11 is 0. The van der Waals surface area contributed by atoms with Crippen molar-refractivity contribution in [3.05, 3.63) is 57.9 Å². The van der Waals surface area contributed by atoms with Gasteiger partial charge in [0, 0.05) is 25.7 Å². The maximum atomic E-state index is 12.3. The van der Waals surface area contributed by atoms with Crippen molar-refractivity contribution in [3.8, 4) is 0 Å². The number of aromatic nitrogens is 7. The van der Waals surface area contributed by atoms with E-state index in [1.165, 1.54) is 24.0 Å². The number of carbonyl (C=O) groups is 1. The summed E-state index contributed by atoms with van der Waals surface area (Å²) in [5.41, 5.74) is 7.14. The minimum Gasteiger partial charge on any atom is -0.345 e. The van der Waals surface area contributed by atoms with Gasteiger partial charge >= 0.3 is 0 Å². The fraction of sp³-hybridized carbons (Fsp3) is 0.478. The van der Waals surface area contributed by atoms with E-state index < -0.39 is 0 Å².